The van der Waals surface area contributed by atoms with Gasteiger partial charge in [0.2, 0.25) is 5.91 Å². The molecule has 108 valence electrons. The highest BCUT2D eigenvalue weighted by Crippen LogP contribution is 2.31. The van der Waals surface area contributed by atoms with E-state index in [2.05, 4.69) is 10.6 Å². The van der Waals surface area contributed by atoms with Crippen molar-refractivity contribution in [3.8, 4) is 0 Å². The first-order valence-electron chi connectivity index (χ1n) is 6.76. The van der Waals surface area contributed by atoms with Crippen LogP contribution < -0.4 is 10.6 Å². The normalized spacial score (nSPS) is 21.7. The Bertz CT molecular complexity index is 536. The van der Waals surface area contributed by atoms with E-state index in [-0.39, 0.29) is 17.0 Å². The van der Waals surface area contributed by atoms with Gasteiger partial charge >= 0.3 is 0 Å². The van der Waals surface area contributed by atoms with Crippen LogP contribution in [0.15, 0.2) is 18.2 Å². The number of amides is 1. The van der Waals surface area contributed by atoms with Crippen molar-refractivity contribution in [3.05, 3.63) is 33.9 Å². The average molecular weight is 277 g/mol. The zero-order valence-electron chi connectivity index (χ0n) is 11.7. The number of nitrogens with zero attached hydrogens (tertiary/aromatic N) is 1. The van der Waals surface area contributed by atoms with Crippen molar-refractivity contribution in [1.82, 2.24) is 5.32 Å². The quantitative estimate of drug-likeness (QED) is 0.653. The summed E-state index contributed by atoms with van der Waals surface area (Å²) >= 11 is 0. The fourth-order valence-corrected chi connectivity index (χ4v) is 2.60. The number of carbonyl (C=O) groups is 1. The minimum absolute atomic E-state index is 0.0155. The number of aryl methyl sites for hydroxylation is 1. The summed E-state index contributed by atoms with van der Waals surface area (Å²) in [5.74, 6) is -0.0155. The zero-order valence-corrected chi connectivity index (χ0v) is 11.7. The van der Waals surface area contributed by atoms with Gasteiger partial charge in [0.1, 0.15) is 0 Å². The van der Waals surface area contributed by atoms with Gasteiger partial charge in [-0.3, -0.25) is 14.9 Å². The minimum atomic E-state index is -0.421. The number of hydrogen-bond donors (Lipinski definition) is 2. The molecule has 1 aliphatic heterocycles. The molecule has 1 aromatic carbocycles. The molecule has 0 radical (unpaired) electrons. The minimum Gasteiger partial charge on any atom is -0.326 e. The Kier molecular flexibility index (Phi) is 4.04. The fourth-order valence-electron chi connectivity index (χ4n) is 2.60. The number of hydrogen-bond acceptors (Lipinski definition) is 4. The third-order valence-corrected chi connectivity index (χ3v) is 4.05. The third-order valence-electron chi connectivity index (χ3n) is 4.05. The number of nitrogens with one attached hydrogen (secondary N) is 2. The van der Waals surface area contributed by atoms with Gasteiger partial charge in [-0.25, -0.2) is 0 Å². The van der Waals surface area contributed by atoms with E-state index in [1.165, 1.54) is 6.07 Å². The van der Waals surface area contributed by atoms with Crippen LogP contribution >= 0.6 is 0 Å². The molecular formula is C14H19N3O3. The van der Waals surface area contributed by atoms with Crippen LogP contribution in [-0.4, -0.2) is 23.9 Å². The maximum Gasteiger partial charge on any atom is 0.272 e. The van der Waals surface area contributed by atoms with E-state index >= 15 is 0 Å². The number of rotatable bonds is 4. The highest BCUT2D eigenvalue weighted by molar-refractivity contribution is 5.96. The van der Waals surface area contributed by atoms with Crippen molar-refractivity contribution in [2.75, 3.05) is 18.4 Å². The molecule has 0 spiro atoms. The Hall–Kier alpha value is -1.95. The van der Waals surface area contributed by atoms with E-state index in [1.807, 2.05) is 6.92 Å². The predicted molar refractivity (Wildman–Crippen MR) is 76.7 cm³/mol. The molecule has 1 saturated heterocycles. The van der Waals surface area contributed by atoms with Crippen molar-refractivity contribution < 1.29 is 9.72 Å². The van der Waals surface area contributed by atoms with E-state index in [9.17, 15) is 14.9 Å². The zero-order chi connectivity index (χ0) is 14.8. The standard InChI is InChI=1S/C14H19N3O3/c1-3-14(6-7-15-9-14)13(18)16-11-4-5-12(17(19)20)10(2)8-11/h4-5,8,15H,3,6-7,9H2,1-2H3,(H,16,18). The average Bonchev–Trinajstić information content (AvgIpc) is 2.88. The molecule has 6 nitrogen and oxygen atoms in total. The molecule has 0 bridgehead atoms. The van der Waals surface area contributed by atoms with Crippen LogP contribution in [0.1, 0.15) is 25.3 Å². The molecule has 1 fully saturated rings. The summed E-state index contributed by atoms with van der Waals surface area (Å²) in [5.41, 5.74) is 0.854. The van der Waals surface area contributed by atoms with Crippen LogP contribution in [0.4, 0.5) is 11.4 Å². The first-order valence-corrected chi connectivity index (χ1v) is 6.76. The van der Waals surface area contributed by atoms with E-state index in [1.54, 1.807) is 19.1 Å². The van der Waals surface area contributed by atoms with Gasteiger partial charge in [-0.15, -0.1) is 0 Å². The highest BCUT2D eigenvalue weighted by Gasteiger charge is 2.39. The first kappa shape index (κ1) is 14.5. The summed E-state index contributed by atoms with van der Waals surface area (Å²) in [7, 11) is 0. The Labute approximate surface area is 117 Å². The van der Waals surface area contributed by atoms with E-state index < -0.39 is 4.92 Å². The second kappa shape index (κ2) is 5.58. The van der Waals surface area contributed by atoms with Crippen molar-refractivity contribution >= 4 is 17.3 Å². The lowest BCUT2D eigenvalue weighted by Gasteiger charge is -2.25. The number of carbonyl (C=O) groups excluding carboxylic acids is 1. The molecule has 1 amide bonds. The SMILES string of the molecule is CCC1(C(=O)Nc2ccc([N+](=O)[O-])c(C)c2)CCNC1. The maximum absolute atomic E-state index is 12.4. The summed E-state index contributed by atoms with van der Waals surface area (Å²) in [6, 6.07) is 4.65. The summed E-state index contributed by atoms with van der Waals surface area (Å²) in [5, 5.41) is 16.9. The van der Waals surface area contributed by atoms with Crippen LogP contribution in [0, 0.1) is 22.5 Å². The van der Waals surface area contributed by atoms with E-state index in [4.69, 9.17) is 0 Å². The Morgan fingerprint density at radius 1 is 1.55 bits per heavy atom. The maximum atomic E-state index is 12.4. The van der Waals surface area contributed by atoms with Gasteiger partial charge in [0, 0.05) is 23.9 Å². The summed E-state index contributed by atoms with van der Waals surface area (Å²) in [6.07, 6.45) is 1.60. The van der Waals surface area contributed by atoms with Crippen LogP contribution in [0.2, 0.25) is 0 Å². The molecule has 1 atom stereocenters. The van der Waals surface area contributed by atoms with Gasteiger partial charge < -0.3 is 10.6 Å². The molecule has 1 aromatic rings. The fraction of sp³-hybridized carbons (Fsp3) is 0.500. The third kappa shape index (κ3) is 2.65. The molecule has 1 aliphatic rings. The Balaban J connectivity index is 2.16. The lowest BCUT2D eigenvalue weighted by molar-refractivity contribution is -0.385. The number of benzene rings is 1. The van der Waals surface area contributed by atoms with E-state index in [0.717, 1.165) is 19.4 Å². The van der Waals surface area contributed by atoms with E-state index in [0.29, 0.717) is 17.8 Å². The van der Waals surface area contributed by atoms with Crippen molar-refractivity contribution in [3.63, 3.8) is 0 Å². The molecule has 1 unspecified atom stereocenters. The van der Waals surface area contributed by atoms with Crippen LogP contribution in [-0.2, 0) is 4.79 Å². The highest BCUT2D eigenvalue weighted by atomic mass is 16.6. The molecular weight excluding hydrogens is 258 g/mol. The van der Waals surface area contributed by atoms with Crippen LogP contribution in [0.25, 0.3) is 0 Å². The summed E-state index contributed by atoms with van der Waals surface area (Å²) in [4.78, 5) is 22.8. The molecule has 2 rings (SSSR count). The van der Waals surface area contributed by atoms with Gasteiger partial charge in [0.15, 0.2) is 0 Å². The number of nitro benzene ring substituents is 1. The summed E-state index contributed by atoms with van der Waals surface area (Å²) in [6.45, 7) is 5.20. The molecule has 0 saturated carbocycles. The predicted octanol–water partition coefficient (Wildman–Crippen LogP) is 2.23. The van der Waals surface area contributed by atoms with Crippen LogP contribution in [0.5, 0.6) is 0 Å². The monoisotopic (exact) mass is 277 g/mol. The smallest absolute Gasteiger partial charge is 0.272 e. The van der Waals surface area contributed by atoms with Gasteiger partial charge in [-0.05, 0) is 38.4 Å². The molecule has 1 heterocycles. The topological polar surface area (TPSA) is 84.3 Å². The molecule has 0 aromatic heterocycles. The van der Waals surface area contributed by atoms with Gasteiger partial charge in [0.25, 0.3) is 5.69 Å². The summed E-state index contributed by atoms with van der Waals surface area (Å²) < 4.78 is 0. The number of nitro groups is 1. The Morgan fingerprint density at radius 3 is 2.80 bits per heavy atom. The molecule has 6 heteroatoms. The number of anilines is 1. The van der Waals surface area contributed by atoms with Crippen molar-refractivity contribution in [2.45, 2.75) is 26.7 Å². The largest absolute Gasteiger partial charge is 0.326 e. The lowest BCUT2D eigenvalue weighted by atomic mass is 9.83. The van der Waals surface area contributed by atoms with Gasteiger partial charge in [0.05, 0.1) is 10.3 Å². The molecule has 20 heavy (non-hydrogen) atoms. The lowest BCUT2D eigenvalue weighted by Crippen LogP contribution is -2.37. The molecule has 2 N–H and O–H groups in total. The Morgan fingerprint density at radius 2 is 2.30 bits per heavy atom. The van der Waals surface area contributed by atoms with Crippen molar-refractivity contribution in [2.24, 2.45) is 5.41 Å². The van der Waals surface area contributed by atoms with Crippen LogP contribution in [0.3, 0.4) is 0 Å². The second-order valence-electron chi connectivity index (χ2n) is 5.27. The molecule has 0 aliphatic carbocycles. The van der Waals surface area contributed by atoms with Crippen molar-refractivity contribution in [1.29, 1.82) is 0 Å². The second-order valence-corrected chi connectivity index (χ2v) is 5.27. The van der Waals surface area contributed by atoms with Gasteiger partial charge in [-0.1, -0.05) is 6.92 Å². The first-order chi connectivity index (χ1) is 9.48. The van der Waals surface area contributed by atoms with Gasteiger partial charge in [-0.2, -0.15) is 0 Å².